The van der Waals surface area contributed by atoms with E-state index >= 15 is 0 Å². The molecule has 6 nitrogen and oxygen atoms in total. The zero-order chi connectivity index (χ0) is 21.7. The number of carbonyl (C=O) groups is 1. The highest BCUT2D eigenvalue weighted by Crippen LogP contribution is 2.25. The molecule has 1 atom stereocenters. The molecule has 2 aromatic carbocycles. The SMILES string of the molecule is CCc1cc(=O)oc2cc(OCC(=O)NC(c3ccc(OC)cc3)C(C)C)ccc12. The summed E-state index contributed by atoms with van der Waals surface area (Å²) in [6.07, 6.45) is 0.729. The minimum absolute atomic E-state index is 0.136. The molecule has 0 saturated heterocycles. The van der Waals surface area contributed by atoms with Gasteiger partial charge in [0, 0.05) is 17.5 Å². The summed E-state index contributed by atoms with van der Waals surface area (Å²) in [7, 11) is 1.62. The van der Waals surface area contributed by atoms with Crippen molar-refractivity contribution < 1.29 is 18.7 Å². The zero-order valence-corrected chi connectivity index (χ0v) is 17.7. The number of aryl methyl sites for hydroxylation is 1. The van der Waals surface area contributed by atoms with Gasteiger partial charge in [-0.3, -0.25) is 4.79 Å². The first kappa shape index (κ1) is 21.4. The second-order valence-electron chi connectivity index (χ2n) is 7.45. The summed E-state index contributed by atoms with van der Waals surface area (Å²) in [5.74, 6) is 1.21. The Morgan fingerprint density at radius 3 is 2.40 bits per heavy atom. The molecular formula is C24H27NO5. The number of methoxy groups -OCH3 is 1. The number of ether oxygens (including phenoxy) is 2. The van der Waals surface area contributed by atoms with Gasteiger partial charge >= 0.3 is 5.63 Å². The number of amides is 1. The molecule has 0 spiro atoms. The molecule has 6 heteroatoms. The first-order valence-electron chi connectivity index (χ1n) is 10.0. The van der Waals surface area contributed by atoms with Gasteiger partial charge in [0.1, 0.15) is 17.1 Å². The van der Waals surface area contributed by atoms with Crippen molar-refractivity contribution in [1.82, 2.24) is 5.32 Å². The lowest BCUT2D eigenvalue weighted by Gasteiger charge is -2.23. The quantitative estimate of drug-likeness (QED) is 0.563. The smallest absolute Gasteiger partial charge is 0.336 e. The van der Waals surface area contributed by atoms with Gasteiger partial charge in [0.15, 0.2) is 6.61 Å². The number of carbonyl (C=O) groups excluding carboxylic acids is 1. The maximum absolute atomic E-state index is 12.5. The van der Waals surface area contributed by atoms with E-state index < -0.39 is 5.63 Å². The molecule has 1 aromatic heterocycles. The molecule has 1 unspecified atom stereocenters. The van der Waals surface area contributed by atoms with E-state index in [2.05, 4.69) is 5.32 Å². The molecule has 3 aromatic rings. The Kier molecular flexibility index (Phi) is 6.77. The number of hydrogen-bond acceptors (Lipinski definition) is 5. The molecule has 0 aliphatic heterocycles. The molecule has 0 fully saturated rings. The molecule has 3 rings (SSSR count). The van der Waals surface area contributed by atoms with Gasteiger partial charge in [0.05, 0.1) is 13.2 Å². The number of benzene rings is 2. The van der Waals surface area contributed by atoms with Crippen molar-refractivity contribution >= 4 is 16.9 Å². The molecule has 0 bridgehead atoms. The van der Waals surface area contributed by atoms with E-state index in [1.165, 1.54) is 6.07 Å². The van der Waals surface area contributed by atoms with Gasteiger partial charge in [0.2, 0.25) is 0 Å². The Bertz CT molecular complexity index is 1070. The van der Waals surface area contributed by atoms with Crippen molar-refractivity contribution in [2.24, 2.45) is 5.92 Å². The first-order chi connectivity index (χ1) is 14.4. The topological polar surface area (TPSA) is 77.8 Å². The van der Waals surface area contributed by atoms with Gasteiger partial charge in [-0.1, -0.05) is 32.9 Å². The van der Waals surface area contributed by atoms with Gasteiger partial charge in [-0.2, -0.15) is 0 Å². The minimum atomic E-state index is -0.395. The first-order valence-corrected chi connectivity index (χ1v) is 10.0. The predicted molar refractivity (Wildman–Crippen MR) is 116 cm³/mol. The van der Waals surface area contributed by atoms with Crippen LogP contribution in [0, 0.1) is 5.92 Å². The molecule has 0 aliphatic rings. The van der Waals surface area contributed by atoms with E-state index in [9.17, 15) is 9.59 Å². The maximum Gasteiger partial charge on any atom is 0.336 e. The van der Waals surface area contributed by atoms with Crippen LogP contribution in [0.3, 0.4) is 0 Å². The number of hydrogen-bond donors (Lipinski definition) is 1. The largest absolute Gasteiger partial charge is 0.497 e. The van der Waals surface area contributed by atoms with Crippen molar-refractivity contribution in [1.29, 1.82) is 0 Å². The van der Waals surface area contributed by atoms with E-state index in [0.29, 0.717) is 11.3 Å². The lowest BCUT2D eigenvalue weighted by atomic mass is 9.96. The number of fused-ring (bicyclic) bond motifs is 1. The van der Waals surface area contributed by atoms with Crippen LogP contribution in [0.5, 0.6) is 11.5 Å². The van der Waals surface area contributed by atoms with Crippen molar-refractivity contribution in [2.75, 3.05) is 13.7 Å². The summed E-state index contributed by atoms with van der Waals surface area (Å²) < 4.78 is 16.1. The average molecular weight is 409 g/mol. The third kappa shape index (κ3) is 5.00. The highest BCUT2D eigenvalue weighted by atomic mass is 16.5. The summed E-state index contributed by atoms with van der Waals surface area (Å²) in [5.41, 5.74) is 1.98. The van der Waals surface area contributed by atoms with Crippen molar-refractivity contribution in [3.8, 4) is 11.5 Å². The van der Waals surface area contributed by atoms with Crippen LogP contribution in [0.25, 0.3) is 11.0 Å². The molecule has 0 aliphatic carbocycles. The standard InChI is InChI=1S/C24H27NO5/c1-5-16-12-23(27)30-21-13-19(10-11-20(16)21)29-14-22(26)25-24(15(2)3)17-6-8-18(28-4)9-7-17/h6-13,15,24H,5,14H2,1-4H3,(H,25,26). The van der Waals surface area contributed by atoms with Crippen molar-refractivity contribution in [2.45, 2.75) is 33.2 Å². The molecule has 0 radical (unpaired) electrons. The van der Waals surface area contributed by atoms with Crippen LogP contribution in [0.4, 0.5) is 0 Å². The number of nitrogens with one attached hydrogen (secondary N) is 1. The average Bonchev–Trinajstić information content (AvgIpc) is 2.75. The van der Waals surface area contributed by atoms with Gasteiger partial charge < -0.3 is 19.2 Å². The van der Waals surface area contributed by atoms with Gasteiger partial charge in [0.25, 0.3) is 5.91 Å². The minimum Gasteiger partial charge on any atom is -0.497 e. The Morgan fingerprint density at radius 2 is 1.77 bits per heavy atom. The lowest BCUT2D eigenvalue weighted by molar-refractivity contribution is -0.124. The van der Waals surface area contributed by atoms with Crippen molar-refractivity contribution in [3.63, 3.8) is 0 Å². The normalized spacial score (nSPS) is 12.0. The Morgan fingerprint density at radius 1 is 1.07 bits per heavy atom. The monoisotopic (exact) mass is 409 g/mol. The summed E-state index contributed by atoms with van der Waals surface area (Å²) in [6.45, 7) is 5.94. The Balaban J connectivity index is 1.68. The van der Waals surface area contributed by atoms with E-state index in [-0.39, 0.29) is 24.5 Å². The highest BCUT2D eigenvalue weighted by Gasteiger charge is 2.19. The molecule has 0 saturated carbocycles. The fraction of sp³-hybridized carbons (Fsp3) is 0.333. The summed E-state index contributed by atoms with van der Waals surface area (Å²) in [4.78, 5) is 24.2. The van der Waals surface area contributed by atoms with Crippen molar-refractivity contribution in [3.05, 3.63) is 70.1 Å². The maximum atomic E-state index is 12.5. The zero-order valence-electron chi connectivity index (χ0n) is 17.7. The predicted octanol–water partition coefficient (Wildman–Crippen LogP) is 4.26. The van der Waals surface area contributed by atoms with Gasteiger partial charge in [-0.15, -0.1) is 0 Å². The number of rotatable bonds is 8. The fourth-order valence-corrected chi connectivity index (χ4v) is 3.40. The van der Waals surface area contributed by atoms with Crippen LogP contribution in [-0.4, -0.2) is 19.6 Å². The molecule has 1 amide bonds. The Hall–Kier alpha value is -3.28. The fourth-order valence-electron chi connectivity index (χ4n) is 3.40. The van der Waals surface area contributed by atoms with Gasteiger partial charge in [-0.25, -0.2) is 4.79 Å². The van der Waals surface area contributed by atoms with Crippen LogP contribution >= 0.6 is 0 Å². The highest BCUT2D eigenvalue weighted by molar-refractivity contribution is 5.82. The molecular weight excluding hydrogens is 382 g/mol. The Labute approximate surface area is 175 Å². The van der Waals surface area contributed by atoms with E-state index in [0.717, 1.165) is 28.7 Å². The van der Waals surface area contributed by atoms with E-state index in [1.807, 2.05) is 51.1 Å². The third-order valence-electron chi connectivity index (χ3n) is 5.01. The molecule has 1 N–H and O–H groups in total. The van der Waals surface area contributed by atoms with Crippen LogP contribution in [0.15, 0.2) is 57.7 Å². The molecule has 158 valence electrons. The van der Waals surface area contributed by atoms with Crippen LogP contribution in [0.1, 0.15) is 37.9 Å². The molecule has 1 heterocycles. The summed E-state index contributed by atoms with van der Waals surface area (Å²) >= 11 is 0. The lowest BCUT2D eigenvalue weighted by Crippen LogP contribution is -2.35. The van der Waals surface area contributed by atoms with E-state index in [4.69, 9.17) is 13.9 Å². The van der Waals surface area contributed by atoms with Gasteiger partial charge in [-0.05, 0) is 47.7 Å². The third-order valence-corrected chi connectivity index (χ3v) is 5.01. The second-order valence-corrected chi connectivity index (χ2v) is 7.45. The summed E-state index contributed by atoms with van der Waals surface area (Å²) in [5, 5.41) is 3.90. The second kappa shape index (κ2) is 9.48. The molecule has 30 heavy (non-hydrogen) atoms. The van der Waals surface area contributed by atoms with E-state index in [1.54, 1.807) is 19.2 Å². The van der Waals surface area contributed by atoms with Crippen LogP contribution in [-0.2, 0) is 11.2 Å². The summed E-state index contributed by atoms with van der Waals surface area (Å²) in [6, 6.07) is 14.3. The van der Waals surface area contributed by atoms with Crippen LogP contribution in [0.2, 0.25) is 0 Å². The van der Waals surface area contributed by atoms with Crippen LogP contribution < -0.4 is 20.4 Å².